The summed E-state index contributed by atoms with van der Waals surface area (Å²) < 4.78 is 11.5. The zero-order chi connectivity index (χ0) is 21.1. The molecule has 3 aromatic rings. The van der Waals surface area contributed by atoms with Gasteiger partial charge in [-0.2, -0.15) is 0 Å². The summed E-state index contributed by atoms with van der Waals surface area (Å²) in [5.74, 6) is -0.0514. The molecule has 0 aliphatic rings. The Balaban J connectivity index is 1.82. The molecule has 2 heterocycles. The molecule has 2 aromatic heterocycles. The number of thiazole rings is 1. The molecule has 9 heteroatoms. The van der Waals surface area contributed by atoms with Crippen LogP contribution in [0.2, 0.25) is 0 Å². The minimum atomic E-state index is -1.17. The molecule has 0 spiro atoms. The lowest BCUT2D eigenvalue weighted by atomic mass is 10.1. The van der Waals surface area contributed by atoms with Crippen molar-refractivity contribution >= 4 is 34.1 Å². The Bertz CT molecular complexity index is 1040. The van der Waals surface area contributed by atoms with Crippen molar-refractivity contribution in [3.05, 3.63) is 45.6 Å². The zero-order valence-electron chi connectivity index (χ0n) is 16.4. The summed E-state index contributed by atoms with van der Waals surface area (Å²) >= 11 is 1.60. The number of nitrogens with two attached hydrogens (primary N) is 1. The number of aliphatic hydroxyl groups is 1. The molecule has 2 amide bonds. The van der Waals surface area contributed by atoms with Gasteiger partial charge in [-0.25, -0.2) is 4.98 Å². The van der Waals surface area contributed by atoms with Gasteiger partial charge in [-0.3, -0.25) is 9.59 Å². The third-order valence-electron chi connectivity index (χ3n) is 4.34. The quantitative estimate of drug-likeness (QED) is 0.517. The van der Waals surface area contributed by atoms with Crippen LogP contribution >= 0.6 is 11.3 Å². The second-order valence-electron chi connectivity index (χ2n) is 6.91. The van der Waals surface area contributed by atoms with E-state index in [1.54, 1.807) is 42.7 Å². The van der Waals surface area contributed by atoms with Crippen LogP contribution in [0, 0.1) is 6.92 Å². The van der Waals surface area contributed by atoms with Gasteiger partial charge in [-0.15, -0.1) is 11.3 Å². The van der Waals surface area contributed by atoms with E-state index in [1.165, 1.54) is 0 Å². The predicted molar refractivity (Wildman–Crippen MR) is 109 cm³/mol. The molecule has 0 fully saturated rings. The number of hydrogen-bond donors (Lipinski definition) is 3. The molecule has 1 aromatic carbocycles. The van der Waals surface area contributed by atoms with E-state index in [0.29, 0.717) is 35.0 Å². The highest BCUT2D eigenvalue weighted by atomic mass is 32.1. The highest BCUT2D eigenvalue weighted by Crippen LogP contribution is 2.30. The lowest BCUT2D eigenvalue weighted by Gasteiger charge is -2.12. The number of rotatable bonds is 8. The van der Waals surface area contributed by atoms with Crippen molar-refractivity contribution in [3.8, 4) is 5.75 Å². The van der Waals surface area contributed by atoms with Gasteiger partial charge in [-0.05, 0) is 25.1 Å². The topological polar surface area (TPSA) is 128 Å². The molecular formula is C20H23N3O5S. The number of primary amides is 1. The fourth-order valence-electron chi connectivity index (χ4n) is 2.82. The molecule has 154 valence electrons. The largest absolute Gasteiger partial charge is 0.488 e. The van der Waals surface area contributed by atoms with E-state index < -0.39 is 24.5 Å². The van der Waals surface area contributed by atoms with Crippen molar-refractivity contribution in [2.75, 3.05) is 6.61 Å². The Morgan fingerprint density at radius 2 is 2.14 bits per heavy atom. The lowest BCUT2D eigenvalue weighted by molar-refractivity contribution is -0.120. The Labute approximate surface area is 171 Å². The summed E-state index contributed by atoms with van der Waals surface area (Å²) in [4.78, 5) is 29.3. The molecular weight excluding hydrogens is 394 g/mol. The second-order valence-corrected chi connectivity index (χ2v) is 8.06. The Kier molecular flexibility index (Phi) is 6.19. The molecule has 1 unspecified atom stereocenters. The third kappa shape index (κ3) is 4.57. The van der Waals surface area contributed by atoms with E-state index in [2.05, 4.69) is 24.1 Å². The highest BCUT2D eigenvalue weighted by Gasteiger charge is 2.23. The van der Waals surface area contributed by atoms with Gasteiger partial charge in [0.15, 0.2) is 0 Å². The number of aliphatic hydroxyl groups excluding tert-OH is 1. The maximum absolute atomic E-state index is 12.6. The number of nitrogens with one attached hydrogen (secondary N) is 1. The van der Waals surface area contributed by atoms with E-state index in [9.17, 15) is 14.7 Å². The molecule has 1 atom stereocenters. The summed E-state index contributed by atoms with van der Waals surface area (Å²) in [7, 11) is 0. The van der Waals surface area contributed by atoms with Gasteiger partial charge in [0, 0.05) is 17.5 Å². The third-order valence-corrected chi connectivity index (χ3v) is 5.61. The Hall–Kier alpha value is -2.91. The van der Waals surface area contributed by atoms with Crippen LogP contribution in [0.15, 0.2) is 28.8 Å². The SMILES string of the molecule is Cc1oc2ccc(OCc3cnc(C(C)C)s3)cc2c1C(=O)NC(CO)C(N)=O. The maximum atomic E-state index is 12.6. The van der Waals surface area contributed by atoms with Crippen molar-refractivity contribution < 1.29 is 23.8 Å². The molecule has 0 aliphatic carbocycles. The van der Waals surface area contributed by atoms with Crippen LogP contribution in [0.4, 0.5) is 0 Å². The van der Waals surface area contributed by atoms with Crippen LogP contribution in [0.1, 0.15) is 45.8 Å². The van der Waals surface area contributed by atoms with Crippen molar-refractivity contribution in [2.45, 2.75) is 39.3 Å². The van der Waals surface area contributed by atoms with E-state index >= 15 is 0 Å². The maximum Gasteiger partial charge on any atom is 0.256 e. The number of amides is 2. The van der Waals surface area contributed by atoms with Gasteiger partial charge in [0.1, 0.15) is 29.7 Å². The van der Waals surface area contributed by atoms with E-state index in [0.717, 1.165) is 9.88 Å². The summed E-state index contributed by atoms with van der Waals surface area (Å²) in [6.45, 7) is 5.61. The van der Waals surface area contributed by atoms with Gasteiger partial charge in [-0.1, -0.05) is 13.8 Å². The number of carbonyl (C=O) groups excluding carboxylic acids is 2. The van der Waals surface area contributed by atoms with Gasteiger partial charge in [0.25, 0.3) is 5.91 Å². The fourth-order valence-corrected chi connectivity index (χ4v) is 3.65. The first-order valence-electron chi connectivity index (χ1n) is 9.11. The molecule has 0 radical (unpaired) electrons. The van der Waals surface area contributed by atoms with Gasteiger partial charge in [0.05, 0.1) is 22.1 Å². The van der Waals surface area contributed by atoms with Crippen molar-refractivity contribution in [2.24, 2.45) is 5.73 Å². The first kappa shape index (κ1) is 20.8. The van der Waals surface area contributed by atoms with E-state index in [1.807, 2.05) is 0 Å². The normalized spacial score (nSPS) is 12.3. The average molecular weight is 417 g/mol. The molecule has 0 saturated heterocycles. The standard InChI is InChI=1S/C20H23N3O5S/c1-10(2)20-22-7-13(29-20)9-27-12-4-5-16-14(6-12)17(11(3)28-16)19(26)23-15(8-24)18(21)25/h4-7,10,15,24H,8-9H2,1-3H3,(H2,21,25)(H,23,26). The summed E-state index contributed by atoms with van der Waals surface area (Å²) in [5, 5.41) is 13.2. The number of fused-ring (bicyclic) bond motifs is 1. The van der Waals surface area contributed by atoms with Crippen LogP contribution in [-0.4, -0.2) is 34.6 Å². The molecule has 0 saturated carbocycles. The van der Waals surface area contributed by atoms with Crippen molar-refractivity contribution in [1.29, 1.82) is 0 Å². The van der Waals surface area contributed by atoms with Gasteiger partial charge < -0.3 is 25.3 Å². The monoisotopic (exact) mass is 417 g/mol. The van der Waals surface area contributed by atoms with Crippen LogP contribution in [-0.2, 0) is 11.4 Å². The number of aryl methyl sites for hydroxylation is 1. The highest BCUT2D eigenvalue weighted by molar-refractivity contribution is 7.11. The number of carbonyl (C=O) groups is 2. The molecule has 0 bridgehead atoms. The predicted octanol–water partition coefficient (Wildman–Crippen LogP) is 2.48. The first-order valence-corrected chi connectivity index (χ1v) is 9.93. The minimum absolute atomic E-state index is 0.269. The molecule has 8 nitrogen and oxygen atoms in total. The second kappa shape index (κ2) is 8.62. The van der Waals surface area contributed by atoms with Crippen LogP contribution in [0.25, 0.3) is 11.0 Å². The van der Waals surface area contributed by atoms with Crippen molar-refractivity contribution in [3.63, 3.8) is 0 Å². The number of nitrogens with zero attached hydrogens (tertiary/aromatic N) is 1. The van der Waals surface area contributed by atoms with Crippen LogP contribution < -0.4 is 15.8 Å². The van der Waals surface area contributed by atoms with E-state index in [4.69, 9.17) is 14.9 Å². The number of hydrogen-bond acceptors (Lipinski definition) is 7. The number of ether oxygens (including phenoxy) is 1. The zero-order valence-corrected chi connectivity index (χ0v) is 17.2. The molecule has 4 N–H and O–H groups in total. The molecule has 29 heavy (non-hydrogen) atoms. The Morgan fingerprint density at radius 3 is 2.76 bits per heavy atom. The van der Waals surface area contributed by atoms with Crippen molar-refractivity contribution in [1.82, 2.24) is 10.3 Å². The van der Waals surface area contributed by atoms with Crippen LogP contribution in [0.5, 0.6) is 5.75 Å². The fraction of sp³-hybridized carbons (Fsp3) is 0.350. The number of aromatic nitrogens is 1. The van der Waals surface area contributed by atoms with Crippen LogP contribution in [0.3, 0.4) is 0 Å². The minimum Gasteiger partial charge on any atom is -0.488 e. The summed E-state index contributed by atoms with van der Waals surface area (Å²) in [5.41, 5.74) is 5.96. The van der Waals surface area contributed by atoms with E-state index in [-0.39, 0.29) is 5.56 Å². The number of benzene rings is 1. The first-order chi connectivity index (χ1) is 13.8. The van der Waals surface area contributed by atoms with Gasteiger partial charge in [0.2, 0.25) is 5.91 Å². The molecule has 0 aliphatic heterocycles. The average Bonchev–Trinajstić information content (AvgIpc) is 3.27. The lowest BCUT2D eigenvalue weighted by Crippen LogP contribution is -2.46. The summed E-state index contributed by atoms with van der Waals surface area (Å²) in [6.07, 6.45) is 1.80. The van der Waals surface area contributed by atoms with Gasteiger partial charge >= 0.3 is 0 Å². The Morgan fingerprint density at radius 1 is 1.38 bits per heavy atom. The molecule has 3 rings (SSSR count). The smallest absolute Gasteiger partial charge is 0.256 e. The summed E-state index contributed by atoms with van der Waals surface area (Å²) in [6, 6.07) is 4.02. The number of furan rings is 1.